The van der Waals surface area contributed by atoms with Gasteiger partial charge < -0.3 is 26.3 Å². The predicted molar refractivity (Wildman–Crippen MR) is 279 cm³/mol. The molecule has 354 valence electrons. The number of halogens is 1. The van der Waals surface area contributed by atoms with Crippen LogP contribution in [0.3, 0.4) is 0 Å². The van der Waals surface area contributed by atoms with Gasteiger partial charge in [0.2, 0.25) is 0 Å². The normalized spacial score (nSPS) is 14.9. The number of pyridine rings is 2. The number of aromatic nitrogens is 6. The summed E-state index contributed by atoms with van der Waals surface area (Å²) in [4.78, 5) is 48.6. The first-order chi connectivity index (χ1) is 32.7. The lowest BCUT2D eigenvalue weighted by Crippen LogP contribution is -2.41. The Balaban J connectivity index is 0.000000201. The van der Waals surface area contributed by atoms with Gasteiger partial charge in [0.15, 0.2) is 11.6 Å². The molecule has 0 amide bonds. The first kappa shape index (κ1) is 51.9. The average Bonchev–Trinajstić information content (AvgIpc) is 3.35. The highest BCUT2D eigenvalue weighted by Crippen LogP contribution is 2.18. The molecule has 0 atom stereocenters. The lowest BCUT2D eigenvalue weighted by atomic mass is 10.0. The van der Waals surface area contributed by atoms with Gasteiger partial charge in [-0.25, -0.2) is 19.9 Å². The molecule has 0 radical (unpaired) electrons. The van der Waals surface area contributed by atoms with Crippen molar-refractivity contribution >= 4 is 39.7 Å². The molecule has 0 aliphatic carbocycles. The van der Waals surface area contributed by atoms with Gasteiger partial charge in [0.1, 0.15) is 10.4 Å². The van der Waals surface area contributed by atoms with Crippen LogP contribution in [0.15, 0.2) is 160 Å². The van der Waals surface area contributed by atoms with Crippen LogP contribution >= 0.6 is 15.9 Å². The van der Waals surface area contributed by atoms with Crippen molar-refractivity contribution in [1.29, 1.82) is 0 Å². The van der Waals surface area contributed by atoms with E-state index in [1.807, 2.05) is 62.6 Å². The number of hydrogen-bond acceptors (Lipinski definition) is 12. The Kier molecular flexibility index (Phi) is 22.9. The lowest BCUT2D eigenvalue weighted by Gasteiger charge is -2.32. The van der Waals surface area contributed by atoms with Crippen molar-refractivity contribution < 1.29 is 0 Å². The highest BCUT2D eigenvalue weighted by molar-refractivity contribution is 9.10. The van der Waals surface area contributed by atoms with E-state index in [0.717, 1.165) is 82.6 Å². The van der Waals surface area contributed by atoms with Crippen molar-refractivity contribution in [3.8, 4) is 5.82 Å². The van der Waals surface area contributed by atoms with Crippen LogP contribution in [0.1, 0.15) is 50.7 Å². The molecule has 14 nitrogen and oxygen atoms in total. The minimum absolute atomic E-state index is 0.151. The number of likely N-dealkylation sites (N-methyl/N-ethyl adjacent to an activating group) is 2. The Hall–Kier alpha value is -6.10. The molecule has 67 heavy (non-hydrogen) atoms. The molecule has 0 spiro atoms. The highest BCUT2D eigenvalue weighted by Gasteiger charge is 2.22. The summed E-state index contributed by atoms with van der Waals surface area (Å²) < 4.78 is 2.41. The number of H-pyrrole nitrogens is 1. The molecule has 2 aliphatic rings. The largest absolute Gasteiger partial charge is 0.363 e. The molecule has 2 aromatic carbocycles. The third-order valence-electron chi connectivity index (χ3n) is 10.9. The molecule has 2 saturated heterocycles. The lowest BCUT2D eigenvalue weighted by molar-refractivity contribution is 0.236. The standard InChI is InChI=1S/C24H27N5O.C19H24N4O.C5H4BrN.C4H12N2/c1-19(17-20-7-3-2-4-8-20)18-28-14-10-21(11-15-28)27-23-24(30)29(16-13-26-23)22-9-5-6-12-25-22;1-15(13-16-5-3-2-4-6-16)14-23-11-7-17(8-12-23)22-18-19(24)21-10-9-20-18;6-5-3-1-2-4-7-5;1-5-3-4-6-2/h2-9,12-13,16-17,21H,10-11,14-15,18H2,1H3,(H,26,27);2-6,9-10,13,17H,7-8,11-12,14H2,1H3,(H,20,22)(H,21,24);1-4H;5-6H,3-4H2,1-2H3/b19-17+;15-13+;;. The molecule has 0 bridgehead atoms. The number of likely N-dealkylation sites (tertiary alicyclic amines) is 2. The van der Waals surface area contributed by atoms with Gasteiger partial charge in [0.25, 0.3) is 11.1 Å². The summed E-state index contributed by atoms with van der Waals surface area (Å²) >= 11 is 3.20. The summed E-state index contributed by atoms with van der Waals surface area (Å²) in [5, 5.41) is 12.6. The molecule has 15 heteroatoms. The van der Waals surface area contributed by atoms with E-state index in [9.17, 15) is 9.59 Å². The van der Waals surface area contributed by atoms with E-state index in [2.05, 4.69) is 146 Å². The van der Waals surface area contributed by atoms with Crippen LogP contribution in [0, 0.1) is 0 Å². The maximum Gasteiger partial charge on any atom is 0.299 e. The van der Waals surface area contributed by atoms with Crippen LogP contribution in [0.5, 0.6) is 0 Å². The summed E-state index contributed by atoms with van der Waals surface area (Å²) in [6.07, 6.45) is 18.4. The van der Waals surface area contributed by atoms with Gasteiger partial charge in [-0.15, -0.1) is 0 Å². The Morgan fingerprint density at radius 2 is 1.12 bits per heavy atom. The van der Waals surface area contributed by atoms with Crippen LogP contribution in [-0.4, -0.2) is 118 Å². The van der Waals surface area contributed by atoms with Crippen molar-refractivity contribution in [2.75, 3.05) is 77.1 Å². The Bertz CT molecular complexity index is 2450. The van der Waals surface area contributed by atoms with E-state index in [0.29, 0.717) is 23.5 Å². The van der Waals surface area contributed by atoms with Crippen molar-refractivity contribution in [3.05, 3.63) is 182 Å². The summed E-state index contributed by atoms with van der Waals surface area (Å²) in [6.45, 7) is 12.5. The van der Waals surface area contributed by atoms with Crippen LogP contribution in [0.25, 0.3) is 18.0 Å². The molecule has 6 heterocycles. The van der Waals surface area contributed by atoms with E-state index in [-0.39, 0.29) is 17.2 Å². The highest BCUT2D eigenvalue weighted by atomic mass is 79.9. The zero-order chi connectivity index (χ0) is 47.5. The van der Waals surface area contributed by atoms with Crippen molar-refractivity contribution in [3.63, 3.8) is 0 Å². The molecule has 6 aromatic rings. The summed E-state index contributed by atoms with van der Waals surface area (Å²) in [5.74, 6) is 1.42. The molecular weight excluding hydrogens is 905 g/mol. The smallest absolute Gasteiger partial charge is 0.299 e. The second-order valence-corrected chi connectivity index (χ2v) is 17.3. The molecule has 4 aromatic heterocycles. The first-order valence-corrected chi connectivity index (χ1v) is 23.8. The van der Waals surface area contributed by atoms with Gasteiger partial charge in [-0.2, -0.15) is 0 Å². The molecule has 2 aliphatic heterocycles. The van der Waals surface area contributed by atoms with E-state index in [1.54, 1.807) is 37.2 Å². The number of rotatable bonds is 14. The minimum Gasteiger partial charge on any atom is -0.363 e. The van der Waals surface area contributed by atoms with Crippen LogP contribution in [-0.2, 0) is 0 Å². The monoisotopic (exact) mass is 970 g/mol. The molecule has 0 unspecified atom stereocenters. The topological polar surface area (TPSA) is 161 Å². The average molecular weight is 972 g/mol. The molecule has 2 fully saturated rings. The van der Waals surface area contributed by atoms with Crippen LogP contribution < -0.4 is 32.4 Å². The number of nitrogens with one attached hydrogen (secondary N) is 5. The minimum atomic E-state index is -0.166. The Labute approximate surface area is 404 Å². The van der Waals surface area contributed by atoms with Crippen LogP contribution in [0.4, 0.5) is 11.6 Å². The maximum absolute atomic E-state index is 12.8. The van der Waals surface area contributed by atoms with Gasteiger partial charge >= 0.3 is 0 Å². The van der Waals surface area contributed by atoms with E-state index in [4.69, 9.17) is 0 Å². The van der Waals surface area contributed by atoms with Crippen LogP contribution in [0.2, 0.25) is 0 Å². The van der Waals surface area contributed by atoms with Crippen molar-refractivity contribution in [2.24, 2.45) is 0 Å². The van der Waals surface area contributed by atoms with Gasteiger partial charge in [0.05, 0.1) is 0 Å². The number of anilines is 2. The fourth-order valence-electron chi connectivity index (χ4n) is 7.56. The number of piperidine rings is 2. The summed E-state index contributed by atoms with van der Waals surface area (Å²) in [7, 11) is 3.88. The summed E-state index contributed by atoms with van der Waals surface area (Å²) in [6, 6.07) is 32.6. The number of aromatic amines is 1. The van der Waals surface area contributed by atoms with E-state index in [1.165, 1.54) is 26.8 Å². The SMILES string of the molecule is Brc1ccccn1.C/C(=C\c1ccccc1)CN1CCC(Nc2ncc[nH]c2=O)CC1.C/C(=C\c1ccccc1)CN1CCC(Nc2nccn(-c3ccccn3)c2=O)CC1.CNCCNC. The molecule has 0 saturated carbocycles. The quantitative estimate of drug-likeness (QED) is 0.0538. The Morgan fingerprint density at radius 3 is 1.57 bits per heavy atom. The molecule has 8 rings (SSSR count). The van der Waals surface area contributed by atoms with Gasteiger partial charge in [0, 0.05) is 102 Å². The fraction of sp³-hybridized carbons (Fsp3) is 0.346. The number of nitrogens with zero attached hydrogens (tertiary/aromatic N) is 7. The van der Waals surface area contributed by atoms with Crippen molar-refractivity contribution in [2.45, 2.75) is 51.6 Å². The second kappa shape index (κ2) is 29.5. The fourth-order valence-corrected chi connectivity index (χ4v) is 7.83. The third-order valence-corrected chi connectivity index (χ3v) is 11.4. The van der Waals surface area contributed by atoms with Gasteiger partial charge in [-0.05, 0) is 105 Å². The molecule has 5 N–H and O–H groups in total. The Morgan fingerprint density at radius 1 is 0.627 bits per heavy atom. The maximum atomic E-state index is 12.8. The summed E-state index contributed by atoms with van der Waals surface area (Å²) in [5.41, 5.74) is 4.90. The van der Waals surface area contributed by atoms with E-state index >= 15 is 0 Å². The first-order valence-electron chi connectivity index (χ1n) is 23.0. The third kappa shape index (κ3) is 19.3. The zero-order valence-electron chi connectivity index (χ0n) is 39.3. The second-order valence-electron chi connectivity index (χ2n) is 16.5. The zero-order valence-corrected chi connectivity index (χ0v) is 40.9. The number of hydrogen-bond donors (Lipinski definition) is 5. The predicted octanol–water partition coefficient (Wildman–Crippen LogP) is 7.63. The number of benzene rings is 2. The van der Waals surface area contributed by atoms with E-state index < -0.39 is 0 Å². The van der Waals surface area contributed by atoms with Gasteiger partial charge in [-0.3, -0.25) is 24.0 Å². The van der Waals surface area contributed by atoms with Gasteiger partial charge in [-0.1, -0.05) is 96.1 Å². The molecular formula is C52H67BrN12O2. The van der Waals surface area contributed by atoms with Crippen molar-refractivity contribution in [1.82, 2.24) is 49.9 Å².